The highest BCUT2D eigenvalue weighted by molar-refractivity contribution is 7.89. The van der Waals surface area contributed by atoms with Gasteiger partial charge in [-0.25, -0.2) is 13.1 Å². The van der Waals surface area contributed by atoms with Crippen molar-refractivity contribution < 1.29 is 17.9 Å². The molecule has 0 aliphatic carbocycles. The maximum atomic E-state index is 12.5. The summed E-state index contributed by atoms with van der Waals surface area (Å²) in [7, 11) is -3.57. The Bertz CT molecular complexity index is 958. The Hall–Kier alpha value is -2.30. The second-order valence-corrected chi connectivity index (χ2v) is 10.1. The van der Waals surface area contributed by atoms with Gasteiger partial charge in [-0.05, 0) is 29.5 Å². The Morgan fingerprint density at radius 3 is 2.47 bits per heavy atom. The molecular weight excluding hydrogens is 406 g/mol. The minimum atomic E-state index is -3.57. The summed E-state index contributed by atoms with van der Waals surface area (Å²) in [5, 5.41) is 7.90. The van der Waals surface area contributed by atoms with Crippen LogP contribution in [-0.4, -0.2) is 67.1 Å². The molecule has 0 saturated carbocycles. The molecule has 1 amide bonds. The van der Waals surface area contributed by atoms with E-state index in [9.17, 15) is 13.2 Å². The molecule has 1 aliphatic rings. The van der Waals surface area contributed by atoms with Crippen molar-refractivity contribution in [3.63, 3.8) is 0 Å². The van der Waals surface area contributed by atoms with Crippen LogP contribution in [-0.2, 0) is 26.7 Å². The molecule has 1 saturated heterocycles. The first kappa shape index (κ1) is 22.4. The van der Waals surface area contributed by atoms with Crippen LogP contribution in [0.3, 0.4) is 0 Å². The van der Waals surface area contributed by atoms with Gasteiger partial charge < -0.3 is 9.64 Å². The van der Waals surface area contributed by atoms with Crippen molar-refractivity contribution in [1.29, 1.82) is 0 Å². The Kier molecular flexibility index (Phi) is 6.89. The molecule has 1 fully saturated rings. The molecule has 2 heterocycles. The van der Waals surface area contributed by atoms with E-state index in [0.717, 1.165) is 5.56 Å². The lowest BCUT2D eigenvalue weighted by atomic mass is 9.87. The van der Waals surface area contributed by atoms with Gasteiger partial charge in [-0.2, -0.15) is 0 Å². The fraction of sp³-hybridized carbons (Fsp3) is 0.550. The molecule has 0 spiro atoms. The summed E-state index contributed by atoms with van der Waals surface area (Å²) in [6.07, 6.45) is 2.12. The molecule has 164 valence electrons. The standard InChI is InChI=1S/C20H29N5O4S/c1-20(2,3)16-5-7-17(8-6-16)30(27,28)21-9-4-10-25-15-18(22-23-25)19(26)24-11-13-29-14-12-24/h5-8,15,21H,4,9-14H2,1-3H3. The number of benzene rings is 1. The summed E-state index contributed by atoms with van der Waals surface area (Å²) in [6.45, 7) is 9.10. The Morgan fingerprint density at radius 2 is 1.83 bits per heavy atom. The summed E-state index contributed by atoms with van der Waals surface area (Å²) in [5.74, 6) is -0.163. The van der Waals surface area contributed by atoms with Gasteiger partial charge in [0.05, 0.1) is 24.3 Å². The van der Waals surface area contributed by atoms with Gasteiger partial charge in [0.1, 0.15) is 0 Å². The third-order valence-electron chi connectivity index (χ3n) is 4.94. The third kappa shape index (κ3) is 5.65. The van der Waals surface area contributed by atoms with Crippen LogP contribution in [0.1, 0.15) is 43.2 Å². The lowest BCUT2D eigenvalue weighted by Crippen LogP contribution is -2.40. The predicted molar refractivity (Wildman–Crippen MR) is 112 cm³/mol. The zero-order chi connectivity index (χ0) is 21.8. The predicted octanol–water partition coefficient (Wildman–Crippen LogP) is 1.42. The average Bonchev–Trinajstić information content (AvgIpc) is 3.20. The number of ether oxygens (including phenoxy) is 1. The molecule has 0 unspecified atom stereocenters. The second-order valence-electron chi connectivity index (χ2n) is 8.30. The van der Waals surface area contributed by atoms with E-state index in [4.69, 9.17) is 4.74 Å². The normalized spacial score (nSPS) is 15.4. The zero-order valence-electron chi connectivity index (χ0n) is 17.7. The van der Waals surface area contributed by atoms with Gasteiger partial charge in [-0.3, -0.25) is 9.48 Å². The molecule has 3 rings (SSSR count). The van der Waals surface area contributed by atoms with E-state index >= 15 is 0 Å². The zero-order valence-corrected chi connectivity index (χ0v) is 18.5. The van der Waals surface area contributed by atoms with Crippen LogP contribution < -0.4 is 4.72 Å². The number of aromatic nitrogens is 3. The third-order valence-corrected chi connectivity index (χ3v) is 6.42. The molecule has 10 heteroatoms. The lowest BCUT2D eigenvalue weighted by molar-refractivity contribution is 0.0299. The monoisotopic (exact) mass is 435 g/mol. The molecule has 30 heavy (non-hydrogen) atoms. The Balaban J connectivity index is 1.48. The number of sulfonamides is 1. The van der Waals surface area contributed by atoms with Gasteiger partial charge in [0, 0.05) is 26.2 Å². The maximum Gasteiger partial charge on any atom is 0.276 e. The van der Waals surface area contributed by atoms with Gasteiger partial charge in [0.2, 0.25) is 10.0 Å². The Labute approximate surface area is 177 Å². The summed E-state index contributed by atoms with van der Waals surface area (Å²) in [5.41, 5.74) is 1.33. The van der Waals surface area contributed by atoms with Crippen molar-refractivity contribution in [3.8, 4) is 0 Å². The van der Waals surface area contributed by atoms with Gasteiger partial charge in [-0.1, -0.05) is 38.1 Å². The molecule has 0 atom stereocenters. The topological polar surface area (TPSA) is 106 Å². The summed E-state index contributed by atoms with van der Waals surface area (Å²) in [6, 6.07) is 6.95. The van der Waals surface area contributed by atoms with E-state index in [2.05, 4.69) is 35.8 Å². The van der Waals surface area contributed by atoms with Crippen molar-refractivity contribution in [1.82, 2.24) is 24.6 Å². The first-order valence-corrected chi connectivity index (χ1v) is 11.5. The van der Waals surface area contributed by atoms with Gasteiger partial charge in [-0.15, -0.1) is 5.10 Å². The molecule has 0 bridgehead atoms. The van der Waals surface area contributed by atoms with Crippen molar-refractivity contribution >= 4 is 15.9 Å². The molecule has 0 radical (unpaired) electrons. The van der Waals surface area contributed by atoms with E-state index in [1.807, 2.05) is 12.1 Å². The lowest BCUT2D eigenvalue weighted by Gasteiger charge is -2.25. The molecular formula is C20H29N5O4S. The smallest absolute Gasteiger partial charge is 0.276 e. The summed E-state index contributed by atoms with van der Waals surface area (Å²) >= 11 is 0. The van der Waals surface area contributed by atoms with Crippen LogP contribution in [0.4, 0.5) is 0 Å². The number of morpholine rings is 1. The molecule has 1 aliphatic heterocycles. The first-order valence-electron chi connectivity index (χ1n) is 10.0. The SMILES string of the molecule is CC(C)(C)c1ccc(S(=O)(=O)NCCCn2cc(C(=O)N3CCOCC3)nn2)cc1. The summed E-state index contributed by atoms with van der Waals surface area (Å²) < 4.78 is 34.3. The quantitative estimate of drug-likeness (QED) is 0.659. The number of carbonyl (C=O) groups excluding carboxylic acids is 1. The number of carbonyl (C=O) groups is 1. The summed E-state index contributed by atoms with van der Waals surface area (Å²) in [4.78, 5) is 14.3. The molecule has 2 aromatic rings. The van der Waals surface area contributed by atoms with E-state index in [0.29, 0.717) is 39.3 Å². The molecule has 1 N–H and O–H groups in total. The Morgan fingerprint density at radius 1 is 1.17 bits per heavy atom. The van der Waals surface area contributed by atoms with Crippen molar-refractivity contribution in [2.45, 2.75) is 44.0 Å². The van der Waals surface area contributed by atoms with Crippen molar-refractivity contribution in [2.75, 3.05) is 32.8 Å². The van der Waals surface area contributed by atoms with Crippen LogP contribution in [0.2, 0.25) is 0 Å². The molecule has 1 aromatic carbocycles. The average molecular weight is 436 g/mol. The second kappa shape index (κ2) is 9.23. The highest BCUT2D eigenvalue weighted by atomic mass is 32.2. The molecule has 9 nitrogen and oxygen atoms in total. The van der Waals surface area contributed by atoms with E-state index in [-0.39, 0.29) is 28.5 Å². The number of amides is 1. The number of aryl methyl sites for hydroxylation is 1. The number of hydrogen-bond acceptors (Lipinski definition) is 6. The van der Waals surface area contributed by atoms with Crippen LogP contribution in [0, 0.1) is 0 Å². The van der Waals surface area contributed by atoms with Gasteiger partial charge in [0.15, 0.2) is 5.69 Å². The minimum absolute atomic E-state index is 0.0322. The van der Waals surface area contributed by atoms with Gasteiger partial charge in [0.25, 0.3) is 5.91 Å². The van der Waals surface area contributed by atoms with Gasteiger partial charge >= 0.3 is 0 Å². The van der Waals surface area contributed by atoms with Crippen LogP contribution in [0.15, 0.2) is 35.4 Å². The van der Waals surface area contributed by atoms with Crippen molar-refractivity contribution in [3.05, 3.63) is 41.7 Å². The highest BCUT2D eigenvalue weighted by Gasteiger charge is 2.21. The largest absolute Gasteiger partial charge is 0.378 e. The van der Waals surface area contributed by atoms with Crippen molar-refractivity contribution in [2.24, 2.45) is 0 Å². The fourth-order valence-electron chi connectivity index (χ4n) is 3.10. The van der Waals surface area contributed by atoms with Crippen LogP contribution >= 0.6 is 0 Å². The fourth-order valence-corrected chi connectivity index (χ4v) is 4.17. The number of rotatable bonds is 7. The van der Waals surface area contributed by atoms with E-state index in [1.54, 1.807) is 27.9 Å². The maximum absolute atomic E-state index is 12.5. The van der Waals surface area contributed by atoms with E-state index in [1.165, 1.54) is 0 Å². The number of hydrogen-bond donors (Lipinski definition) is 1. The molecule has 1 aromatic heterocycles. The minimum Gasteiger partial charge on any atom is -0.378 e. The first-order chi connectivity index (χ1) is 14.2. The number of nitrogens with zero attached hydrogens (tertiary/aromatic N) is 4. The number of nitrogens with one attached hydrogen (secondary N) is 1. The van der Waals surface area contributed by atoms with Crippen LogP contribution in [0.25, 0.3) is 0 Å². The van der Waals surface area contributed by atoms with E-state index < -0.39 is 10.0 Å². The highest BCUT2D eigenvalue weighted by Crippen LogP contribution is 2.23. The van der Waals surface area contributed by atoms with Crippen LogP contribution in [0.5, 0.6) is 0 Å².